The molecule has 3 amide bonds. The summed E-state index contributed by atoms with van der Waals surface area (Å²) in [7, 11) is -3.54. The first-order valence-corrected chi connectivity index (χ1v) is 21.1. The predicted octanol–water partition coefficient (Wildman–Crippen LogP) is 6.64. The Kier molecular flexibility index (Phi) is 9.47. The maximum atomic E-state index is 16.6. The van der Waals surface area contributed by atoms with Gasteiger partial charge >= 0.3 is 0 Å². The van der Waals surface area contributed by atoms with Gasteiger partial charge in [-0.3, -0.25) is 14.4 Å². The van der Waals surface area contributed by atoms with Crippen molar-refractivity contribution in [3.05, 3.63) is 95.1 Å². The van der Waals surface area contributed by atoms with Gasteiger partial charge in [0.1, 0.15) is 0 Å². The average Bonchev–Trinajstić information content (AvgIpc) is 3.52. The number of aliphatic hydroxyl groups is 1. The summed E-state index contributed by atoms with van der Waals surface area (Å²) >= 11 is 0. The Morgan fingerprint density at radius 2 is 1.70 bits per heavy atom. The number of aliphatic hydroxyl groups excluding tert-OH is 1. The summed E-state index contributed by atoms with van der Waals surface area (Å²) in [6, 6.07) is 23.0. The topological polar surface area (TPSA) is 90.4 Å². The van der Waals surface area contributed by atoms with Gasteiger partial charge in [-0.2, -0.15) is 0 Å². The molecule has 1 spiro atoms. The molecule has 0 aromatic heterocycles. The van der Waals surface area contributed by atoms with Crippen LogP contribution >= 0.6 is 0 Å². The highest BCUT2D eigenvalue weighted by Gasteiger charge is 2.67. The Bertz CT molecular complexity index is 1770. The molecule has 0 radical (unpaired) electrons. The quantitative estimate of drug-likeness (QED) is 0.221. The number of carbonyl (C=O) groups excluding carboxylic acids is 3. The minimum Gasteiger partial charge on any atom is -0.394 e. The van der Waals surface area contributed by atoms with E-state index in [-0.39, 0.29) is 30.7 Å². The predicted molar refractivity (Wildman–Crippen MR) is 194 cm³/mol. The Hall–Kier alpha value is -3.86. The lowest BCUT2D eigenvalue weighted by Gasteiger charge is -2.37. The number of benzene rings is 3. The van der Waals surface area contributed by atoms with E-state index < -0.39 is 37.6 Å². The molecule has 4 heterocycles. The summed E-state index contributed by atoms with van der Waals surface area (Å²) in [5.41, 5.74) is 2.94. The molecule has 0 bridgehead atoms. The van der Waals surface area contributed by atoms with E-state index in [1.54, 1.807) is 22.9 Å². The number of rotatable bonds is 7. The molecule has 4 aliphatic heterocycles. The van der Waals surface area contributed by atoms with Crippen LogP contribution in [0.3, 0.4) is 0 Å². The Balaban J connectivity index is 1.28. The lowest BCUT2D eigenvalue weighted by Crippen LogP contribution is -2.48. The third kappa shape index (κ3) is 6.09. The van der Waals surface area contributed by atoms with Crippen LogP contribution in [0.15, 0.2) is 72.8 Å². The minimum atomic E-state index is -3.54. The highest BCUT2D eigenvalue weighted by Crippen LogP contribution is 2.61. The minimum absolute atomic E-state index is 0.0599. The van der Waals surface area contributed by atoms with Crippen LogP contribution in [-0.2, 0) is 44.2 Å². The second-order valence-corrected chi connectivity index (χ2v) is 18.9. The summed E-state index contributed by atoms with van der Waals surface area (Å²) in [6.45, 7) is 6.25. The normalized spacial score (nSPS) is 26.9. The first-order valence-electron chi connectivity index (χ1n) is 18.2. The number of anilines is 2. The molecule has 2 saturated heterocycles. The molecule has 3 aromatic rings. The van der Waals surface area contributed by atoms with Gasteiger partial charge < -0.3 is 28.7 Å². The lowest BCUT2D eigenvalue weighted by molar-refractivity contribution is -0.151. The van der Waals surface area contributed by atoms with Crippen molar-refractivity contribution < 1.29 is 28.3 Å². The molecule has 8 nitrogen and oxygen atoms in total. The fourth-order valence-electron chi connectivity index (χ4n) is 9.09. The number of amides is 3. The van der Waals surface area contributed by atoms with Gasteiger partial charge in [-0.05, 0) is 67.2 Å². The zero-order chi connectivity index (χ0) is 35.2. The monoisotopic (exact) mass is 697 g/mol. The maximum absolute atomic E-state index is 16.6. The standard InChI is InChI=1S/C40H48FN3O5Si/c1-27-38(50(2,3)41)35(23-37(47)43-25-30-16-11-10-15-29(30)21-32(43)26-45)49-40(27)33-22-31(42-20-12-5-4-9-17-36(42)46)18-19-34(33)44(39(40)48)24-28-13-7-6-8-14-28/h6-8,10-11,13-16,18-19,22,27,32,35,38,45H,4-5,9,12,17,20-21,23-26H2,1-3H3/t27-,32+,35+,38-,40+/m1/s1. The fourth-order valence-corrected chi connectivity index (χ4v) is 11.6. The molecule has 0 saturated carbocycles. The van der Waals surface area contributed by atoms with Crippen molar-refractivity contribution in [3.63, 3.8) is 0 Å². The van der Waals surface area contributed by atoms with Gasteiger partial charge in [0.15, 0.2) is 5.60 Å². The van der Waals surface area contributed by atoms with E-state index in [0.29, 0.717) is 49.4 Å². The number of halogens is 1. The van der Waals surface area contributed by atoms with E-state index in [9.17, 15) is 19.5 Å². The Labute approximate surface area is 295 Å². The highest BCUT2D eigenvalue weighted by molar-refractivity contribution is 6.72. The highest BCUT2D eigenvalue weighted by atomic mass is 28.4. The second kappa shape index (κ2) is 13.7. The van der Waals surface area contributed by atoms with Crippen molar-refractivity contribution in [2.24, 2.45) is 5.92 Å². The van der Waals surface area contributed by atoms with Gasteiger partial charge in [-0.1, -0.05) is 74.4 Å². The van der Waals surface area contributed by atoms with Crippen molar-refractivity contribution in [3.8, 4) is 0 Å². The van der Waals surface area contributed by atoms with Crippen LogP contribution in [0, 0.1) is 5.92 Å². The van der Waals surface area contributed by atoms with Crippen molar-refractivity contribution in [1.82, 2.24) is 4.90 Å². The zero-order valence-electron chi connectivity index (χ0n) is 29.3. The van der Waals surface area contributed by atoms with E-state index in [2.05, 4.69) is 0 Å². The molecular weight excluding hydrogens is 650 g/mol. The van der Waals surface area contributed by atoms with E-state index >= 15 is 4.11 Å². The van der Waals surface area contributed by atoms with Crippen molar-refractivity contribution in [2.75, 3.05) is 23.0 Å². The molecule has 7 rings (SSSR count). The van der Waals surface area contributed by atoms with Gasteiger partial charge in [-0.15, -0.1) is 0 Å². The molecule has 0 aliphatic carbocycles. The van der Waals surface area contributed by atoms with Crippen LogP contribution in [0.1, 0.15) is 67.7 Å². The molecule has 10 heteroatoms. The molecule has 2 fully saturated rings. The number of hydrogen-bond acceptors (Lipinski definition) is 5. The summed E-state index contributed by atoms with van der Waals surface area (Å²) in [5.74, 6) is -1.00. The summed E-state index contributed by atoms with van der Waals surface area (Å²) in [6.07, 6.45) is 3.89. The molecule has 0 unspecified atom stereocenters. The summed E-state index contributed by atoms with van der Waals surface area (Å²) in [5, 5.41) is 10.3. The molecule has 50 heavy (non-hydrogen) atoms. The van der Waals surface area contributed by atoms with E-state index in [0.717, 1.165) is 42.4 Å². The van der Waals surface area contributed by atoms with E-state index in [1.807, 2.05) is 84.6 Å². The van der Waals surface area contributed by atoms with Crippen molar-refractivity contribution >= 4 is 37.5 Å². The van der Waals surface area contributed by atoms with Crippen LogP contribution < -0.4 is 9.80 Å². The molecule has 3 aromatic carbocycles. The first-order chi connectivity index (χ1) is 24.0. The van der Waals surface area contributed by atoms with Gasteiger partial charge in [-0.25, -0.2) is 0 Å². The lowest BCUT2D eigenvalue weighted by atomic mass is 9.82. The third-order valence-corrected chi connectivity index (χ3v) is 14.0. The number of ether oxygens (including phenoxy) is 1. The SMILES string of the molecule is C[C@@H]1[C@@H]([Si](C)(C)F)[C@H](CC(=O)N2Cc3ccccc3C[C@H]2CO)O[C@@]12C(=O)N(Cc1ccccc1)c1ccc(N3CCCCCCC3=O)cc12. The number of hydrogen-bond donors (Lipinski definition) is 1. The van der Waals surface area contributed by atoms with Gasteiger partial charge in [0.25, 0.3) is 5.91 Å². The number of carbonyl (C=O) groups is 3. The summed E-state index contributed by atoms with van der Waals surface area (Å²) in [4.78, 5) is 47.8. The number of fused-ring (bicyclic) bond motifs is 3. The number of nitrogens with zero attached hydrogens (tertiary/aromatic N) is 3. The van der Waals surface area contributed by atoms with Gasteiger partial charge in [0.05, 0.1) is 37.4 Å². The molecule has 264 valence electrons. The van der Waals surface area contributed by atoms with E-state index in [4.69, 9.17) is 4.74 Å². The Morgan fingerprint density at radius 1 is 0.980 bits per heavy atom. The smallest absolute Gasteiger partial charge is 0.264 e. The van der Waals surface area contributed by atoms with Gasteiger partial charge in [0, 0.05) is 42.2 Å². The van der Waals surface area contributed by atoms with Crippen LogP contribution in [-0.4, -0.2) is 61.4 Å². The van der Waals surface area contributed by atoms with Crippen LogP contribution in [0.5, 0.6) is 0 Å². The van der Waals surface area contributed by atoms with Crippen molar-refractivity contribution in [1.29, 1.82) is 0 Å². The third-order valence-electron chi connectivity index (χ3n) is 11.5. The second-order valence-electron chi connectivity index (χ2n) is 15.1. The Morgan fingerprint density at radius 3 is 2.44 bits per heavy atom. The van der Waals surface area contributed by atoms with Crippen LogP contribution in [0.25, 0.3) is 0 Å². The van der Waals surface area contributed by atoms with Crippen LogP contribution in [0.2, 0.25) is 18.6 Å². The molecule has 1 N–H and O–H groups in total. The molecular formula is C40H48FN3O5Si. The maximum Gasteiger partial charge on any atom is 0.264 e. The van der Waals surface area contributed by atoms with Crippen molar-refractivity contribution in [2.45, 2.75) is 101 Å². The molecule has 5 atom stereocenters. The summed E-state index contributed by atoms with van der Waals surface area (Å²) < 4.78 is 23.6. The zero-order valence-corrected chi connectivity index (χ0v) is 30.3. The first kappa shape index (κ1) is 34.6. The fraction of sp³-hybridized carbons (Fsp3) is 0.475. The largest absolute Gasteiger partial charge is 0.394 e. The van der Waals surface area contributed by atoms with E-state index in [1.165, 1.54) is 0 Å². The van der Waals surface area contributed by atoms with Crippen LogP contribution in [0.4, 0.5) is 15.5 Å². The average molecular weight is 698 g/mol. The molecule has 4 aliphatic rings. The van der Waals surface area contributed by atoms with Gasteiger partial charge in [0.2, 0.25) is 20.2 Å².